The van der Waals surface area contributed by atoms with Crippen molar-refractivity contribution in [3.05, 3.63) is 12.4 Å². The Kier molecular flexibility index (Phi) is 4.08. The first-order valence-electron chi connectivity index (χ1n) is 6.98. The van der Waals surface area contributed by atoms with E-state index in [2.05, 4.69) is 37.4 Å². The van der Waals surface area contributed by atoms with E-state index in [4.69, 9.17) is 0 Å². The number of nitrogens with zero attached hydrogens (tertiary/aromatic N) is 2. The van der Waals surface area contributed by atoms with Crippen molar-refractivity contribution in [2.45, 2.75) is 59.0 Å². The largest absolute Gasteiger partial charge is 0.380 e. The Morgan fingerprint density at radius 3 is 2.94 bits per heavy atom. The average Bonchev–Trinajstić information content (AvgIpc) is 2.77. The molecule has 1 fully saturated rings. The molecule has 1 N–H and O–H groups in total. The second-order valence-corrected chi connectivity index (χ2v) is 5.60. The van der Waals surface area contributed by atoms with Crippen molar-refractivity contribution in [1.29, 1.82) is 0 Å². The van der Waals surface area contributed by atoms with Crippen LogP contribution in [0, 0.1) is 11.8 Å². The Bertz CT molecular complexity index is 343. The molecule has 1 aromatic rings. The second kappa shape index (κ2) is 5.56. The molecule has 0 saturated heterocycles. The monoisotopic (exact) mass is 235 g/mol. The summed E-state index contributed by atoms with van der Waals surface area (Å²) < 4.78 is 1.98. The molecule has 2 atom stereocenters. The third-order valence-corrected chi connectivity index (χ3v) is 3.99. The van der Waals surface area contributed by atoms with Crippen LogP contribution in [0.4, 0.5) is 5.69 Å². The van der Waals surface area contributed by atoms with Crippen LogP contribution in [-0.2, 0) is 6.54 Å². The summed E-state index contributed by atoms with van der Waals surface area (Å²) in [6.07, 6.45) is 9.45. The Hall–Kier alpha value is -0.990. The van der Waals surface area contributed by atoms with E-state index in [1.165, 1.54) is 31.4 Å². The fourth-order valence-corrected chi connectivity index (χ4v) is 2.81. The first-order chi connectivity index (χ1) is 8.19. The van der Waals surface area contributed by atoms with Gasteiger partial charge < -0.3 is 5.32 Å². The first kappa shape index (κ1) is 12.5. The first-order valence-corrected chi connectivity index (χ1v) is 6.98. The molecule has 0 radical (unpaired) electrons. The maximum atomic E-state index is 4.31. The van der Waals surface area contributed by atoms with Gasteiger partial charge in [-0.05, 0) is 31.6 Å². The zero-order valence-corrected chi connectivity index (χ0v) is 11.3. The minimum Gasteiger partial charge on any atom is -0.380 e. The molecule has 1 aromatic heterocycles. The van der Waals surface area contributed by atoms with Crippen LogP contribution in [0.15, 0.2) is 12.4 Å². The van der Waals surface area contributed by atoms with Crippen molar-refractivity contribution in [2.75, 3.05) is 5.32 Å². The van der Waals surface area contributed by atoms with Crippen molar-refractivity contribution >= 4 is 5.69 Å². The molecule has 1 heterocycles. The van der Waals surface area contributed by atoms with Crippen LogP contribution >= 0.6 is 0 Å². The zero-order chi connectivity index (χ0) is 12.3. The van der Waals surface area contributed by atoms with Crippen LogP contribution < -0.4 is 5.32 Å². The summed E-state index contributed by atoms with van der Waals surface area (Å²) in [5.74, 6) is 1.71. The van der Waals surface area contributed by atoms with Crippen molar-refractivity contribution < 1.29 is 0 Å². The minimum absolute atomic E-state index is 0.644. The molecule has 2 unspecified atom stereocenters. The molecule has 3 heteroatoms. The van der Waals surface area contributed by atoms with Crippen LogP contribution in [0.2, 0.25) is 0 Å². The molecule has 1 aliphatic carbocycles. The predicted octanol–water partition coefficient (Wildman–Crippen LogP) is 3.53. The van der Waals surface area contributed by atoms with Gasteiger partial charge in [-0.15, -0.1) is 0 Å². The summed E-state index contributed by atoms with van der Waals surface area (Å²) in [7, 11) is 0. The van der Waals surface area contributed by atoms with Gasteiger partial charge in [0, 0.05) is 18.8 Å². The molecule has 0 bridgehead atoms. The predicted molar refractivity (Wildman–Crippen MR) is 72.1 cm³/mol. The van der Waals surface area contributed by atoms with Gasteiger partial charge in [0.15, 0.2) is 0 Å². The third kappa shape index (κ3) is 3.24. The number of aryl methyl sites for hydroxylation is 1. The summed E-state index contributed by atoms with van der Waals surface area (Å²) in [5.41, 5.74) is 1.18. The maximum Gasteiger partial charge on any atom is 0.0728 e. The van der Waals surface area contributed by atoms with E-state index < -0.39 is 0 Å². The third-order valence-electron chi connectivity index (χ3n) is 3.99. The molecule has 0 amide bonds. The molecule has 3 nitrogen and oxygen atoms in total. The summed E-state index contributed by atoms with van der Waals surface area (Å²) in [6, 6.07) is 0.644. The van der Waals surface area contributed by atoms with Crippen LogP contribution in [0.1, 0.15) is 46.5 Å². The average molecular weight is 235 g/mol. The van der Waals surface area contributed by atoms with Crippen molar-refractivity contribution in [3.63, 3.8) is 0 Å². The van der Waals surface area contributed by atoms with Gasteiger partial charge >= 0.3 is 0 Å². The normalized spacial score (nSPS) is 25.2. The highest BCUT2D eigenvalue weighted by Gasteiger charge is 2.24. The summed E-state index contributed by atoms with van der Waals surface area (Å²) in [5, 5.41) is 7.95. The fourth-order valence-electron chi connectivity index (χ4n) is 2.81. The minimum atomic E-state index is 0.644. The van der Waals surface area contributed by atoms with Gasteiger partial charge in [-0.1, -0.05) is 26.7 Å². The number of anilines is 1. The highest BCUT2D eigenvalue weighted by molar-refractivity contribution is 5.39. The molecule has 1 aliphatic rings. The molecule has 96 valence electrons. The van der Waals surface area contributed by atoms with Gasteiger partial charge in [-0.25, -0.2) is 0 Å². The quantitative estimate of drug-likeness (QED) is 0.865. The van der Waals surface area contributed by atoms with Crippen molar-refractivity contribution in [1.82, 2.24) is 9.78 Å². The van der Waals surface area contributed by atoms with E-state index in [9.17, 15) is 0 Å². The molecular formula is C14H25N3. The molecule has 0 aromatic carbocycles. The number of hydrogen-bond donors (Lipinski definition) is 1. The standard InChI is InChI=1S/C14H25N3/c1-4-17-10-14(9-15-17)16-13-7-5-6-12(8-13)11(2)3/h9-13,16H,4-8H2,1-3H3. The number of aromatic nitrogens is 2. The van der Waals surface area contributed by atoms with E-state index in [0.717, 1.165) is 18.4 Å². The van der Waals surface area contributed by atoms with Crippen LogP contribution in [0.5, 0.6) is 0 Å². The Morgan fingerprint density at radius 2 is 2.29 bits per heavy atom. The van der Waals surface area contributed by atoms with Crippen molar-refractivity contribution in [3.8, 4) is 0 Å². The van der Waals surface area contributed by atoms with Crippen LogP contribution in [0.3, 0.4) is 0 Å². The van der Waals surface area contributed by atoms with Gasteiger partial charge in [0.1, 0.15) is 0 Å². The van der Waals surface area contributed by atoms with E-state index in [0.29, 0.717) is 6.04 Å². The van der Waals surface area contributed by atoms with E-state index in [1.54, 1.807) is 0 Å². The number of nitrogens with one attached hydrogen (secondary N) is 1. The van der Waals surface area contributed by atoms with E-state index in [1.807, 2.05) is 10.9 Å². The summed E-state index contributed by atoms with van der Waals surface area (Å²) in [4.78, 5) is 0. The fraction of sp³-hybridized carbons (Fsp3) is 0.786. The lowest BCUT2D eigenvalue weighted by Gasteiger charge is -2.32. The molecule has 1 saturated carbocycles. The van der Waals surface area contributed by atoms with Gasteiger partial charge in [0.2, 0.25) is 0 Å². The molecule has 2 rings (SSSR count). The summed E-state index contributed by atoms with van der Waals surface area (Å²) in [6.45, 7) is 7.76. The SMILES string of the molecule is CCn1cc(NC2CCCC(C(C)C)C2)cn1. The Morgan fingerprint density at radius 1 is 1.47 bits per heavy atom. The lowest BCUT2D eigenvalue weighted by molar-refractivity contribution is 0.264. The van der Waals surface area contributed by atoms with Crippen molar-refractivity contribution in [2.24, 2.45) is 11.8 Å². The molecule has 0 aliphatic heterocycles. The van der Waals surface area contributed by atoms with E-state index >= 15 is 0 Å². The van der Waals surface area contributed by atoms with Crippen LogP contribution in [0.25, 0.3) is 0 Å². The van der Waals surface area contributed by atoms with Gasteiger partial charge in [0.25, 0.3) is 0 Å². The number of hydrogen-bond acceptors (Lipinski definition) is 2. The highest BCUT2D eigenvalue weighted by Crippen LogP contribution is 2.31. The highest BCUT2D eigenvalue weighted by atomic mass is 15.3. The molecule has 0 spiro atoms. The molecular weight excluding hydrogens is 210 g/mol. The maximum absolute atomic E-state index is 4.31. The van der Waals surface area contributed by atoms with Gasteiger partial charge in [0.05, 0.1) is 11.9 Å². The topological polar surface area (TPSA) is 29.9 Å². The molecule has 17 heavy (non-hydrogen) atoms. The number of rotatable bonds is 4. The Balaban J connectivity index is 1.90. The zero-order valence-electron chi connectivity index (χ0n) is 11.3. The smallest absolute Gasteiger partial charge is 0.0728 e. The lowest BCUT2D eigenvalue weighted by Crippen LogP contribution is -2.29. The van der Waals surface area contributed by atoms with Gasteiger partial charge in [-0.3, -0.25) is 4.68 Å². The van der Waals surface area contributed by atoms with Crippen LogP contribution in [-0.4, -0.2) is 15.8 Å². The lowest BCUT2D eigenvalue weighted by atomic mass is 9.79. The second-order valence-electron chi connectivity index (χ2n) is 5.60. The van der Waals surface area contributed by atoms with Gasteiger partial charge in [-0.2, -0.15) is 5.10 Å². The van der Waals surface area contributed by atoms with E-state index in [-0.39, 0.29) is 0 Å². The summed E-state index contributed by atoms with van der Waals surface area (Å²) >= 11 is 0. The Labute approximate surface area is 105 Å².